The van der Waals surface area contributed by atoms with Gasteiger partial charge >= 0.3 is 0 Å². The molecule has 1 heterocycles. The number of unbranched alkanes of at least 4 members (excludes halogenated alkanes) is 12. The van der Waals surface area contributed by atoms with Gasteiger partial charge < -0.3 is 9.80 Å². The van der Waals surface area contributed by atoms with Gasteiger partial charge in [-0.25, -0.2) is 0 Å². The third-order valence-corrected chi connectivity index (χ3v) is 5.89. The fourth-order valence-corrected chi connectivity index (χ4v) is 3.99. The molecule has 164 valence electrons. The van der Waals surface area contributed by atoms with Crippen molar-refractivity contribution in [2.24, 2.45) is 0 Å². The zero-order valence-electron chi connectivity index (χ0n) is 18.9. The standard InChI is InChI=1S/C24H46N2O2/c1-3-5-7-9-11-13-15-18-23(27)25-20-17-21-26(22-25)24(28)19-16-14-12-10-8-6-4-2/h3-22H2,1-2H3. The van der Waals surface area contributed by atoms with Crippen LogP contribution in [-0.2, 0) is 9.59 Å². The summed E-state index contributed by atoms with van der Waals surface area (Å²) in [7, 11) is 0. The zero-order valence-corrected chi connectivity index (χ0v) is 18.9. The molecule has 1 rings (SSSR count). The number of carbonyl (C=O) groups excluding carboxylic acids is 2. The molecule has 0 N–H and O–H groups in total. The summed E-state index contributed by atoms with van der Waals surface area (Å²) in [5.74, 6) is 0.476. The number of nitrogens with zero attached hydrogens (tertiary/aromatic N) is 2. The van der Waals surface area contributed by atoms with E-state index in [1.165, 1.54) is 64.2 Å². The van der Waals surface area contributed by atoms with Crippen molar-refractivity contribution in [1.82, 2.24) is 9.80 Å². The van der Waals surface area contributed by atoms with E-state index >= 15 is 0 Å². The van der Waals surface area contributed by atoms with Crippen molar-refractivity contribution >= 4 is 11.8 Å². The number of hydrogen-bond donors (Lipinski definition) is 0. The molecule has 0 atom stereocenters. The lowest BCUT2D eigenvalue weighted by atomic mass is 10.1. The molecular formula is C24H46N2O2. The Bertz CT molecular complexity index is 375. The van der Waals surface area contributed by atoms with E-state index < -0.39 is 0 Å². The summed E-state index contributed by atoms with van der Waals surface area (Å²) in [5, 5.41) is 0. The first-order valence-electron chi connectivity index (χ1n) is 12.2. The van der Waals surface area contributed by atoms with Gasteiger partial charge in [0.2, 0.25) is 11.8 Å². The molecule has 28 heavy (non-hydrogen) atoms. The Morgan fingerprint density at radius 2 is 0.929 bits per heavy atom. The van der Waals surface area contributed by atoms with E-state index in [1.807, 2.05) is 9.80 Å². The molecule has 2 amide bonds. The Balaban J connectivity index is 2.13. The fourth-order valence-electron chi connectivity index (χ4n) is 3.99. The van der Waals surface area contributed by atoms with E-state index in [4.69, 9.17) is 0 Å². The highest BCUT2D eigenvalue weighted by molar-refractivity contribution is 5.79. The molecule has 1 saturated heterocycles. The van der Waals surface area contributed by atoms with E-state index in [2.05, 4.69) is 13.8 Å². The summed E-state index contributed by atoms with van der Waals surface area (Å²) in [4.78, 5) is 28.8. The van der Waals surface area contributed by atoms with Gasteiger partial charge in [-0.15, -0.1) is 0 Å². The highest BCUT2D eigenvalue weighted by Gasteiger charge is 2.24. The van der Waals surface area contributed by atoms with Crippen LogP contribution in [0.2, 0.25) is 0 Å². The van der Waals surface area contributed by atoms with Gasteiger partial charge in [0.1, 0.15) is 0 Å². The molecular weight excluding hydrogens is 348 g/mol. The maximum atomic E-state index is 12.5. The van der Waals surface area contributed by atoms with Crippen LogP contribution in [-0.4, -0.2) is 41.4 Å². The van der Waals surface area contributed by atoms with Crippen molar-refractivity contribution in [1.29, 1.82) is 0 Å². The SMILES string of the molecule is CCCCCCCCCC(=O)N1CCCN(C(=O)CCCCCCCCC)C1. The second-order valence-corrected chi connectivity index (χ2v) is 8.55. The van der Waals surface area contributed by atoms with Crippen LogP contribution in [0.15, 0.2) is 0 Å². The molecule has 0 radical (unpaired) electrons. The molecule has 0 aliphatic carbocycles. The Morgan fingerprint density at radius 3 is 1.32 bits per heavy atom. The smallest absolute Gasteiger partial charge is 0.223 e. The Labute approximate surface area is 174 Å². The average Bonchev–Trinajstić information content (AvgIpc) is 2.72. The van der Waals surface area contributed by atoms with E-state index in [9.17, 15) is 9.59 Å². The van der Waals surface area contributed by atoms with Crippen LogP contribution in [0.5, 0.6) is 0 Å². The van der Waals surface area contributed by atoms with Crippen molar-refractivity contribution < 1.29 is 9.59 Å². The van der Waals surface area contributed by atoms with Gasteiger partial charge in [-0.3, -0.25) is 9.59 Å². The first-order chi connectivity index (χ1) is 13.7. The summed E-state index contributed by atoms with van der Waals surface area (Å²) >= 11 is 0. The largest absolute Gasteiger partial charge is 0.325 e. The molecule has 1 aliphatic rings. The molecule has 1 aliphatic heterocycles. The molecule has 0 aromatic carbocycles. The lowest BCUT2D eigenvalue weighted by Crippen LogP contribution is -2.49. The number of rotatable bonds is 16. The maximum absolute atomic E-state index is 12.5. The van der Waals surface area contributed by atoms with Crippen LogP contribution in [0.4, 0.5) is 0 Å². The van der Waals surface area contributed by atoms with Crippen LogP contribution in [0, 0.1) is 0 Å². The second-order valence-electron chi connectivity index (χ2n) is 8.55. The van der Waals surface area contributed by atoms with Crippen LogP contribution < -0.4 is 0 Å². The van der Waals surface area contributed by atoms with Gasteiger partial charge in [0.25, 0.3) is 0 Å². The van der Waals surface area contributed by atoms with Crippen LogP contribution >= 0.6 is 0 Å². The van der Waals surface area contributed by atoms with Gasteiger partial charge in [0, 0.05) is 25.9 Å². The lowest BCUT2D eigenvalue weighted by molar-refractivity contribution is -0.142. The third-order valence-electron chi connectivity index (χ3n) is 5.89. The van der Waals surface area contributed by atoms with E-state index in [-0.39, 0.29) is 11.8 Å². The van der Waals surface area contributed by atoms with Crippen molar-refractivity contribution in [2.45, 2.75) is 123 Å². The minimum Gasteiger partial charge on any atom is -0.325 e. The van der Waals surface area contributed by atoms with Gasteiger partial charge in [-0.1, -0.05) is 90.9 Å². The molecule has 0 aromatic rings. The quantitative estimate of drug-likeness (QED) is 0.289. The third kappa shape index (κ3) is 11.7. The minimum atomic E-state index is 0.238. The molecule has 0 unspecified atom stereocenters. The molecule has 1 fully saturated rings. The van der Waals surface area contributed by atoms with Gasteiger partial charge in [0.05, 0.1) is 6.67 Å². The Hall–Kier alpha value is -1.06. The summed E-state index contributed by atoms with van der Waals surface area (Å²) in [5.41, 5.74) is 0. The van der Waals surface area contributed by atoms with Crippen LogP contribution in [0.25, 0.3) is 0 Å². The average molecular weight is 395 g/mol. The zero-order chi connectivity index (χ0) is 20.5. The van der Waals surface area contributed by atoms with Gasteiger partial charge in [-0.2, -0.15) is 0 Å². The summed E-state index contributed by atoms with van der Waals surface area (Å²) in [6.07, 6.45) is 19.5. The van der Waals surface area contributed by atoms with Crippen molar-refractivity contribution in [3.8, 4) is 0 Å². The van der Waals surface area contributed by atoms with Crippen molar-refractivity contribution in [3.63, 3.8) is 0 Å². The van der Waals surface area contributed by atoms with E-state index in [1.54, 1.807) is 0 Å². The minimum absolute atomic E-state index is 0.238. The highest BCUT2D eigenvalue weighted by atomic mass is 16.2. The molecule has 0 spiro atoms. The molecule has 0 bridgehead atoms. The monoisotopic (exact) mass is 394 g/mol. The van der Waals surface area contributed by atoms with Gasteiger partial charge in [0.15, 0.2) is 0 Å². The fraction of sp³-hybridized carbons (Fsp3) is 0.917. The Morgan fingerprint density at radius 1 is 0.571 bits per heavy atom. The topological polar surface area (TPSA) is 40.6 Å². The molecule has 0 saturated carbocycles. The van der Waals surface area contributed by atoms with E-state index in [0.29, 0.717) is 19.5 Å². The van der Waals surface area contributed by atoms with Crippen LogP contribution in [0.3, 0.4) is 0 Å². The van der Waals surface area contributed by atoms with Crippen molar-refractivity contribution in [2.75, 3.05) is 19.8 Å². The normalized spacial score (nSPS) is 14.5. The molecule has 4 nitrogen and oxygen atoms in total. The second kappa shape index (κ2) is 16.9. The first-order valence-corrected chi connectivity index (χ1v) is 12.2. The summed E-state index contributed by atoms with van der Waals surface area (Å²) in [6.45, 7) is 6.62. The highest BCUT2D eigenvalue weighted by Crippen LogP contribution is 2.14. The first kappa shape index (κ1) is 25.0. The van der Waals surface area contributed by atoms with E-state index in [0.717, 1.165) is 45.2 Å². The molecule has 0 aromatic heterocycles. The lowest BCUT2D eigenvalue weighted by Gasteiger charge is -2.35. The van der Waals surface area contributed by atoms with Crippen LogP contribution in [0.1, 0.15) is 123 Å². The number of carbonyl (C=O) groups is 2. The number of amides is 2. The number of hydrogen-bond acceptors (Lipinski definition) is 2. The van der Waals surface area contributed by atoms with Gasteiger partial charge in [-0.05, 0) is 19.3 Å². The summed E-state index contributed by atoms with van der Waals surface area (Å²) in [6, 6.07) is 0. The Kier molecular flexibility index (Phi) is 15.0. The predicted octanol–water partition coefficient (Wildman–Crippen LogP) is 6.29. The van der Waals surface area contributed by atoms with Crippen molar-refractivity contribution in [3.05, 3.63) is 0 Å². The predicted molar refractivity (Wildman–Crippen MR) is 118 cm³/mol. The summed E-state index contributed by atoms with van der Waals surface area (Å²) < 4.78 is 0. The molecule has 4 heteroatoms. The maximum Gasteiger partial charge on any atom is 0.223 e.